The number of fused-ring (bicyclic) bond motifs is 1. The normalized spacial score (nSPS) is 11.8. The summed E-state index contributed by atoms with van der Waals surface area (Å²) in [5, 5.41) is 0. The molecule has 0 aromatic carbocycles. The molecule has 0 N–H and O–H groups in total. The maximum absolute atomic E-state index is 11.6. The Morgan fingerprint density at radius 3 is 2.82 bits per heavy atom. The van der Waals surface area contributed by atoms with Crippen LogP contribution >= 0.6 is 0 Å². The van der Waals surface area contributed by atoms with Gasteiger partial charge in [-0.05, 0) is 19.1 Å². The van der Waals surface area contributed by atoms with E-state index in [2.05, 4.69) is 4.98 Å². The third-order valence-corrected chi connectivity index (χ3v) is 2.47. The minimum absolute atomic E-state index is 0.0539. The van der Waals surface area contributed by atoms with Crippen molar-refractivity contribution in [2.24, 2.45) is 0 Å². The topological polar surface area (TPSA) is 37.6 Å². The summed E-state index contributed by atoms with van der Waals surface area (Å²) in [4.78, 5) is 17.7. The molecule has 17 heavy (non-hydrogen) atoms. The molecule has 0 bridgehead atoms. The molecule has 0 fully saturated rings. The van der Waals surface area contributed by atoms with Gasteiger partial charge in [0.15, 0.2) is 5.78 Å². The van der Waals surface area contributed by atoms with E-state index in [-0.39, 0.29) is 5.78 Å². The molecule has 0 aliphatic carbocycles. The molecule has 0 saturated heterocycles. The summed E-state index contributed by atoms with van der Waals surface area (Å²) in [5.41, 5.74) is 2.48. The molecule has 2 aromatic heterocycles. The summed E-state index contributed by atoms with van der Waals surface area (Å²) in [6.07, 6.45) is 7.36. The number of carbonyl (C=O) groups is 1. The van der Waals surface area contributed by atoms with Crippen LogP contribution in [0.4, 0.5) is 0 Å². The van der Waals surface area contributed by atoms with E-state index >= 15 is 0 Å². The van der Waals surface area contributed by atoms with Gasteiger partial charge >= 0.3 is 0 Å². The van der Waals surface area contributed by atoms with Gasteiger partial charge < -0.3 is 9.30 Å². The number of pyridine rings is 1. The van der Waals surface area contributed by atoms with Crippen LogP contribution in [0.15, 0.2) is 36.9 Å². The monoisotopic (exact) mass is 229 g/mol. The minimum Gasteiger partial charge on any atom is -0.383 e. The minimum atomic E-state index is 0.0539. The van der Waals surface area contributed by atoms with Crippen molar-refractivity contribution in [3.05, 3.63) is 42.5 Å². The summed E-state index contributed by atoms with van der Waals surface area (Å²) in [6.45, 7) is 1.58. The Hall–Kier alpha value is -2.10. The molecule has 0 spiro atoms. The number of hydrogen-bond donors (Lipinski definition) is 0. The van der Waals surface area contributed by atoms with Gasteiger partial charge in [-0.1, -0.05) is 0 Å². The summed E-state index contributed by atoms with van der Waals surface area (Å²) >= 11 is 0. The van der Waals surface area contributed by atoms with Crippen LogP contribution in [0.1, 0.15) is 12.5 Å². The SMILES string of the molecule is CC(=O)/C(=C\N(C)C)c1ccc2nccn2c1. The highest BCUT2D eigenvalue weighted by Gasteiger charge is 2.08. The fourth-order valence-corrected chi connectivity index (χ4v) is 1.71. The second kappa shape index (κ2) is 4.41. The average molecular weight is 229 g/mol. The Bertz CT molecular complexity index is 581. The van der Waals surface area contributed by atoms with Gasteiger partial charge in [0, 0.05) is 50.0 Å². The van der Waals surface area contributed by atoms with E-state index in [1.807, 2.05) is 54.1 Å². The molecule has 4 heteroatoms. The van der Waals surface area contributed by atoms with Crippen molar-refractivity contribution in [3.8, 4) is 0 Å². The van der Waals surface area contributed by atoms with Crippen molar-refractivity contribution in [2.45, 2.75) is 6.92 Å². The van der Waals surface area contributed by atoms with Gasteiger partial charge in [-0.3, -0.25) is 4.79 Å². The van der Waals surface area contributed by atoms with Crippen LogP contribution < -0.4 is 0 Å². The average Bonchev–Trinajstić information content (AvgIpc) is 2.72. The largest absolute Gasteiger partial charge is 0.383 e. The zero-order valence-corrected chi connectivity index (χ0v) is 10.2. The third-order valence-electron chi connectivity index (χ3n) is 2.47. The van der Waals surface area contributed by atoms with Crippen LogP contribution in [-0.4, -0.2) is 34.2 Å². The van der Waals surface area contributed by atoms with Gasteiger partial charge in [0.05, 0.1) is 0 Å². The van der Waals surface area contributed by atoms with Crippen LogP contribution in [-0.2, 0) is 4.79 Å². The standard InChI is InChI=1S/C13H15N3O/c1-10(17)12(9-15(2)3)11-4-5-13-14-6-7-16(13)8-11/h4-9H,1-3H3/b12-9+. The summed E-state index contributed by atoms with van der Waals surface area (Å²) in [7, 11) is 3.80. The molecular formula is C13H15N3O. The lowest BCUT2D eigenvalue weighted by molar-refractivity contribution is -0.111. The van der Waals surface area contributed by atoms with Gasteiger partial charge in [-0.15, -0.1) is 0 Å². The summed E-state index contributed by atoms with van der Waals surface area (Å²) < 4.78 is 1.90. The second-order valence-electron chi connectivity index (χ2n) is 4.17. The molecule has 0 saturated carbocycles. The maximum atomic E-state index is 11.6. The number of hydrogen-bond acceptors (Lipinski definition) is 3. The number of nitrogens with zero attached hydrogens (tertiary/aromatic N) is 3. The molecule has 0 aliphatic rings. The predicted octanol–water partition coefficient (Wildman–Crippen LogP) is 1.83. The van der Waals surface area contributed by atoms with Crippen molar-refractivity contribution >= 4 is 17.0 Å². The van der Waals surface area contributed by atoms with Crippen LogP contribution in [0.2, 0.25) is 0 Å². The molecule has 0 unspecified atom stereocenters. The molecule has 2 aromatic rings. The van der Waals surface area contributed by atoms with E-state index in [0.717, 1.165) is 11.2 Å². The highest BCUT2D eigenvalue weighted by Crippen LogP contribution is 2.16. The van der Waals surface area contributed by atoms with Gasteiger partial charge in [-0.25, -0.2) is 4.98 Å². The van der Waals surface area contributed by atoms with Gasteiger partial charge in [0.25, 0.3) is 0 Å². The highest BCUT2D eigenvalue weighted by atomic mass is 16.1. The first-order valence-electron chi connectivity index (χ1n) is 5.40. The number of ketones is 1. The Morgan fingerprint density at radius 1 is 1.41 bits per heavy atom. The lowest BCUT2D eigenvalue weighted by Crippen LogP contribution is -2.07. The first-order valence-corrected chi connectivity index (χ1v) is 5.40. The molecule has 0 radical (unpaired) electrons. The Labute approximate surface area is 100 Å². The van der Waals surface area contributed by atoms with Crippen molar-refractivity contribution in [1.29, 1.82) is 0 Å². The Kier molecular flexibility index (Phi) is 2.95. The van der Waals surface area contributed by atoms with Crippen LogP contribution in [0.25, 0.3) is 11.2 Å². The first kappa shape index (κ1) is 11.4. The lowest BCUT2D eigenvalue weighted by Gasteiger charge is -2.10. The number of rotatable bonds is 3. The van der Waals surface area contributed by atoms with Gasteiger partial charge in [0.2, 0.25) is 0 Å². The Morgan fingerprint density at radius 2 is 2.18 bits per heavy atom. The van der Waals surface area contributed by atoms with Crippen molar-refractivity contribution < 1.29 is 4.79 Å². The Balaban J connectivity index is 2.52. The molecule has 0 amide bonds. The second-order valence-corrected chi connectivity index (χ2v) is 4.17. The smallest absolute Gasteiger partial charge is 0.161 e. The number of imidazole rings is 1. The van der Waals surface area contributed by atoms with E-state index in [0.29, 0.717) is 5.57 Å². The fourth-order valence-electron chi connectivity index (χ4n) is 1.71. The van der Waals surface area contributed by atoms with E-state index in [9.17, 15) is 4.79 Å². The third kappa shape index (κ3) is 2.36. The molecule has 0 aliphatic heterocycles. The summed E-state index contributed by atoms with van der Waals surface area (Å²) in [5.74, 6) is 0.0539. The predicted molar refractivity (Wildman–Crippen MR) is 67.5 cm³/mol. The van der Waals surface area contributed by atoms with E-state index < -0.39 is 0 Å². The van der Waals surface area contributed by atoms with Gasteiger partial charge in [-0.2, -0.15) is 0 Å². The van der Waals surface area contributed by atoms with E-state index in [1.54, 1.807) is 13.1 Å². The molecule has 2 rings (SSSR count). The maximum Gasteiger partial charge on any atom is 0.161 e. The summed E-state index contributed by atoms with van der Waals surface area (Å²) in [6, 6.07) is 3.82. The van der Waals surface area contributed by atoms with Crippen LogP contribution in [0.3, 0.4) is 0 Å². The van der Waals surface area contributed by atoms with Crippen LogP contribution in [0, 0.1) is 0 Å². The van der Waals surface area contributed by atoms with Crippen molar-refractivity contribution in [2.75, 3.05) is 14.1 Å². The van der Waals surface area contributed by atoms with Gasteiger partial charge in [0.1, 0.15) is 5.65 Å². The number of allylic oxidation sites excluding steroid dienone is 1. The quantitative estimate of drug-likeness (QED) is 0.753. The fraction of sp³-hybridized carbons (Fsp3) is 0.231. The molecule has 2 heterocycles. The van der Waals surface area contributed by atoms with Crippen LogP contribution in [0.5, 0.6) is 0 Å². The number of Topliss-reactive ketones (excluding diaryl/α,β-unsaturated/α-hetero) is 1. The molecule has 4 nitrogen and oxygen atoms in total. The van der Waals surface area contributed by atoms with E-state index in [4.69, 9.17) is 0 Å². The lowest BCUT2D eigenvalue weighted by atomic mass is 10.1. The van der Waals surface area contributed by atoms with Crippen molar-refractivity contribution in [3.63, 3.8) is 0 Å². The first-order chi connectivity index (χ1) is 8.08. The number of carbonyl (C=O) groups excluding carboxylic acids is 1. The zero-order valence-electron chi connectivity index (χ0n) is 10.2. The molecule has 88 valence electrons. The van der Waals surface area contributed by atoms with Crippen molar-refractivity contribution in [1.82, 2.24) is 14.3 Å². The highest BCUT2D eigenvalue weighted by molar-refractivity contribution is 6.19. The molecular weight excluding hydrogens is 214 g/mol. The molecule has 0 atom stereocenters. The number of aromatic nitrogens is 2. The van der Waals surface area contributed by atoms with E-state index in [1.165, 1.54) is 0 Å². The zero-order chi connectivity index (χ0) is 12.4.